The third-order valence-electron chi connectivity index (χ3n) is 3.48. The molecule has 2 amide bonds. The smallest absolute Gasteiger partial charge is 0.375 e. The van der Waals surface area contributed by atoms with Crippen LogP contribution in [-0.2, 0) is 0 Å². The fourth-order valence-corrected chi connectivity index (χ4v) is 2.88. The molecule has 8 heteroatoms. The van der Waals surface area contributed by atoms with Crippen molar-refractivity contribution >= 4 is 29.2 Å². The summed E-state index contributed by atoms with van der Waals surface area (Å²) >= 11 is -0.213. The average Bonchev–Trinajstić information content (AvgIpc) is 2.58. The SMILES string of the molecule is CN(CCCNC(=O)Nc1cccc(SC(F)(F)F)c1)c1ccccc1. The van der Waals surface area contributed by atoms with E-state index < -0.39 is 11.5 Å². The summed E-state index contributed by atoms with van der Waals surface area (Å²) < 4.78 is 37.2. The van der Waals surface area contributed by atoms with Crippen molar-refractivity contribution in [1.29, 1.82) is 0 Å². The lowest BCUT2D eigenvalue weighted by Gasteiger charge is -2.19. The first-order chi connectivity index (χ1) is 12.3. The molecule has 0 aliphatic carbocycles. The van der Waals surface area contributed by atoms with E-state index in [2.05, 4.69) is 15.5 Å². The Morgan fingerprint density at radius 1 is 1.12 bits per heavy atom. The molecule has 0 aromatic heterocycles. The topological polar surface area (TPSA) is 44.4 Å². The molecule has 0 saturated carbocycles. The van der Waals surface area contributed by atoms with Gasteiger partial charge in [0, 0.05) is 36.4 Å². The number of para-hydroxylation sites is 1. The summed E-state index contributed by atoms with van der Waals surface area (Å²) in [5, 5.41) is 5.24. The van der Waals surface area contributed by atoms with Gasteiger partial charge in [-0.15, -0.1) is 0 Å². The van der Waals surface area contributed by atoms with Gasteiger partial charge in [-0.2, -0.15) is 13.2 Å². The third-order valence-corrected chi connectivity index (χ3v) is 4.20. The number of amides is 2. The summed E-state index contributed by atoms with van der Waals surface area (Å²) in [6, 6.07) is 15.1. The van der Waals surface area contributed by atoms with Crippen molar-refractivity contribution in [2.45, 2.75) is 16.8 Å². The highest BCUT2D eigenvalue weighted by molar-refractivity contribution is 8.00. The number of benzene rings is 2. The zero-order chi connectivity index (χ0) is 19.0. The lowest BCUT2D eigenvalue weighted by molar-refractivity contribution is -0.0328. The fourth-order valence-electron chi connectivity index (χ4n) is 2.28. The first-order valence-corrected chi connectivity index (χ1v) is 8.82. The minimum Gasteiger partial charge on any atom is -0.375 e. The van der Waals surface area contributed by atoms with Gasteiger partial charge in [0.2, 0.25) is 0 Å². The van der Waals surface area contributed by atoms with Crippen LogP contribution in [0.1, 0.15) is 6.42 Å². The van der Waals surface area contributed by atoms with Gasteiger partial charge in [0.15, 0.2) is 0 Å². The monoisotopic (exact) mass is 383 g/mol. The zero-order valence-corrected chi connectivity index (χ0v) is 15.0. The Bertz CT molecular complexity index is 710. The van der Waals surface area contributed by atoms with E-state index in [0.29, 0.717) is 12.2 Å². The Labute approximate surface area is 154 Å². The molecule has 0 radical (unpaired) electrons. The second-order valence-electron chi connectivity index (χ2n) is 5.57. The van der Waals surface area contributed by atoms with E-state index in [-0.39, 0.29) is 16.7 Å². The maximum absolute atomic E-state index is 12.4. The molecule has 0 aliphatic rings. The summed E-state index contributed by atoms with van der Waals surface area (Å²) in [6.45, 7) is 1.22. The van der Waals surface area contributed by atoms with Crippen molar-refractivity contribution in [3.8, 4) is 0 Å². The van der Waals surface area contributed by atoms with E-state index in [4.69, 9.17) is 0 Å². The Morgan fingerprint density at radius 3 is 2.54 bits per heavy atom. The molecular formula is C18H20F3N3OS. The third kappa shape index (κ3) is 7.26. The largest absolute Gasteiger partial charge is 0.446 e. The molecule has 2 aromatic rings. The number of urea groups is 1. The Balaban J connectivity index is 1.73. The average molecular weight is 383 g/mol. The number of hydrogen-bond acceptors (Lipinski definition) is 3. The molecule has 0 heterocycles. The van der Waals surface area contributed by atoms with Gasteiger partial charge < -0.3 is 15.5 Å². The second kappa shape index (κ2) is 9.38. The van der Waals surface area contributed by atoms with Gasteiger partial charge in [0.1, 0.15) is 0 Å². The van der Waals surface area contributed by atoms with Crippen LogP contribution in [-0.4, -0.2) is 31.7 Å². The van der Waals surface area contributed by atoms with Gasteiger partial charge in [0.25, 0.3) is 0 Å². The van der Waals surface area contributed by atoms with Crippen molar-refractivity contribution in [1.82, 2.24) is 5.32 Å². The van der Waals surface area contributed by atoms with Crippen molar-refractivity contribution < 1.29 is 18.0 Å². The number of halogens is 3. The standard InChI is InChI=1S/C18H20F3N3OS/c1-24(15-8-3-2-4-9-15)12-6-11-22-17(25)23-14-7-5-10-16(13-14)26-18(19,20)21/h2-5,7-10,13H,6,11-12H2,1H3,(H2,22,23,25). The summed E-state index contributed by atoms with van der Waals surface area (Å²) in [6.07, 6.45) is 0.739. The summed E-state index contributed by atoms with van der Waals surface area (Å²) in [4.78, 5) is 14.0. The number of thioether (sulfide) groups is 1. The highest BCUT2D eigenvalue weighted by Gasteiger charge is 2.29. The molecule has 2 rings (SSSR count). The minimum absolute atomic E-state index is 0.0276. The number of nitrogens with zero attached hydrogens (tertiary/aromatic N) is 1. The second-order valence-corrected chi connectivity index (χ2v) is 6.71. The highest BCUT2D eigenvalue weighted by atomic mass is 32.2. The molecule has 0 bridgehead atoms. The number of carbonyl (C=O) groups excluding carboxylic acids is 1. The van der Waals surface area contributed by atoms with Crippen LogP contribution in [0, 0.1) is 0 Å². The molecule has 0 spiro atoms. The van der Waals surface area contributed by atoms with Gasteiger partial charge in [-0.05, 0) is 48.5 Å². The molecule has 2 N–H and O–H groups in total. The predicted octanol–water partition coefficient (Wildman–Crippen LogP) is 4.95. The Kier molecular flexibility index (Phi) is 7.20. The van der Waals surface area contributed by atoms with Gasteiger partial charge in [0.05, 0.1) is 0 Å². The molecule has 0 fully saturated rings. The Morgan fingerprint density at radius 2 is 1.85 bits per heavy atom. The van der Waals surface area contributed by atoms with Crippen molar-refractivity contribution in [2.24, 2.45) is 0 Å². The minimum atomic E-state index is -4.36. The maximum Gasteiger partial charge on any atom is 0.446 e. The molecule has 0 unspecified atom stereocenters. The zero-order valence-electron chi connectivity index (χ0n) is 14.2. The number of alkyl halides is 3. The predicted molar refractivity (Wildman–Crippen MR) is 99.7 cm³/mol. The van der Waals surface area contributed by atoms with E-state index in [9.17, 15) is 18.0 Å². The van der Waals surface area contributed by atoms with Gasteiger partial charge >= 0.3 is 11.5 Å². The lowest BCUT2D eigenvalue weighted by Crippen LogP contribution is -2.31. The quantitative estimate of drug-likeness (QED) is 0.525. The molecule has 26 heavy (non-hydrogen) atoms. The number of rotatable bonds is 7. The van der Waals surface area contributed by atoms with Crippen molar-refractivity contribution in [2.75, 3.05) is 30.4 Å². The normalized spacial score (nSPS) is 11.1. The number of nitrogens with one attached hydrogen (secondary N) is 2. The van der Waals surface area contributed by atoms with Crippen molar-refractivity contribution in [3.63, 3.8) is 0 Å². The molecule has 2 aromatic carbocycles. The molecular weight excluding hydrogens is 363 g/mol. The van der Waals surface area contributed by atoms with E-state index in [1.54, 1.807) is 6.07 Å². The number of hydrogen-bond donors (Lipinski definition) is 2. The van der Waals surface area contributed by atoms with Crippen LogP contribution in [0.25, 0.3) is 0 Å². The molecule has 140 valence electrons. The highest BCUT2D eigenvalue weighted by Crippen LogP contribution is 2.37. The van der Waals surface area contributed by atoms with Crippen LogP contribution in [0.15, 0.2) is 59.5 Å². The molecule has 4 nitrogen and oxygen atoms in total. The van der Waals surface area contributed by atoms with E-state index >= 15 is 0 Å². The first kappa shape index (κ1) is 20.0. The lowest BCUT2D eigenvalue weighted by atomic mass is 10.3. The summed E-state index contributed by atoms with van der Waals surface area (Å²) in [5.41, 5.74) is -2.94. The van der Waals surface area contributed by atoms with Gasteiger partial charge in [-0.3, -0.25) is 0 Å². The number of carbonyl (C=O) groups is 1. The van der Waals surface area contributed by atoms with Crippen LogP contribution in [0.4, 0.5) is 29.3 Å². The van der Waals surface area contributed by atoms with E-state index in [0.717, 1.165) is 18.7 Å². The van der Waals surface area contributed by atoms with Crippen LogP contribution in [0.3, 0.4) is 0 Å². The van der Waals surface area contributed by atoms with Crippen LogP contribution in [0.5, 0.6) is 0 Å². The van der Waals surface area contributed by atoms with Gasteiger partial charge in [-0.1, -0.05) is 24.3 Å². The van der Waals surface area contributed by atoms with Gasteiger partial charge in [-0.25, -0.2) is 4.79 Å². The molecule has 0 saturated heterocycles. The van der Waals surface area contributed by atoms with E-state index in [1.807, 2.05) is 37.4 Å². The van der Waals surface area contributed by atoms with Crippen LogP contribution >= 0.6 is 11.8 Å². The van der Waals surface area contributed by atoms with Crippen molar-refractivity contribution in [3.05, 3.63) is 54.6 Å². The van der Waals surface area contributed by atoms with Crippen LogP contribution < -0.4 is 15.5 Å². The molecule has 0 atom stereocenters. The number of anilines is 2. The van der Waals surface area contributed by atoms with E-state index in [1.165, 1.54) is 18.2 Å². The summed E-state index contributed by atoms with van der Waals surface area (Å²) in [5.74, 6) is 0. The maximum atomic E-state index is 12.4. The Hall–Kier alpha value is -2.35. The first-order valence-electron chi connectivity index (χ1n) is 8.00. The van der Waals surface area contributed by atoms with Crippen LogP contribution in [0.2, 0.25) is 0 Å². The summed E-state index contributed by atoms with van der Waals surface area (Å²) in [7, 11) is 1.97. The fraction of sp³-hybridized carbons (Fsp3) is 0.278. The molecule has 0 aliphatic heterocycles.